The van der Waals surface area contributed by atoms with Crippen LogP contribution < -0.4 is 20.9 Å². The first-order valence-electron chi connectivity index (χ1n) is 11.7. The van der Waals surface area contributed by atoms with Gasteiger partial charge in [0, 0.05) is 0 Å². The molecule has 0 bridgehead atoms. The Labute approximate surface area is 220 Å². The lowest BCUT2D eigenvalue weighted by atomic mass is 10.1. The summed E-state index contributed by atoms with van der Waals surface area (Å²) in [5.41, 5.74) is 4.57. The number of aliphatic hydroxyl groups is 2. The lowest BCUT2D eigenvalue weighted by molar-refractivity contribution is -0.202. The largest absolute Gasteiger partial charge is 0.462 e. The summed E-state index contributed by atoms with van der Waals surface area (Å²) in [5.74, 6) is -4.11. The Morgan fingerprint density at radius 2 is 2.03 bits per heavy atom. The second-order valence-corrected chi connectivity index (χ2v) is 10.7. The maximum Gasteiger partial charge on any atom is 0.459 e. The zero-order valence-electron chi connectivity index (χ0n) is 21.1. The Balaban J connectivity index is 1.57. The number of fused-ring (bicyclic) bond motifs is 1. The second-order valence-electron chi connectivity index (χ2n) is 9.02. The molecule has 0 radical (unpaired) electrons. The van der Waals surface area contributed by atoms with Gasteiger partial charge in [0.25, 0.3) is 11.4 Å². The van der Waals surface area contributed by atoms with Crippen molar-refractivity contribution in [3.63, 3.8) is 0 Å². The molecule has 1 aromatic carbocycles. The smallest absolute Gasteiger partial charge is 0.459 e. The van der Waals surface area contributed by atoms with Crippen molar-refractivity contribution in [3.05, 3.63) is 47.0 Å². The summed E-state index contributed by atoms with van der Waals surface area (Å²) in [4.78, 5) is 34.4. The third-order valence-electron chi connectivity index (χ3n) is 5.56. The summed E-state index contributed by atoms with van der Waals surface area (Å²) < 4.78 is 51.7. The lowest BCUT2D eigenvalue weighted by Crippen LogP contribution is -2.44. The predicted molar refractivity (Wildman–Crippen MR) is 133 cm³/mol. The molecule has 2 aromatic heterocycles. The number of alkyl halides is 1. The number of halogens is 1. The van der Waals surface area contributed by atoms with Gasteiger partial charge in [-0.25, -0.2) is 13.9 Å². The number of H-pyrrole nitrogens is 1. The Bertz CT molecular complexity index is 1440. The molecular formula is C22H28FN6O9P. The zero-order valence-corrected chi connectivity index (χ0v) is 21.9. The van der Waals surface area contributed by atoms with Crippen molar-refractivity contribution in [2.45, 2.75) is 57.2 Å². The van der Waals surface area contributed by atoms with E-state index in [1.165, 1.54) is 19.1 Å². The van der Waals surface area contributed by atoms with Gasteiger partial charge in [0.15, 0.2) is 17.4 Å². The number of hydrogen-bond acceptors (Lipinski definition) is 12. The number of rotatable bonds is 10. The molecule has 3 heterocycles. The molecule has 1 fully saturated rings. The monoisotopic (exact) mass is 570 g/mol. The first kappa shape index (κ1) is 28.6. The predicted octanol–water partition coefficient (Wildman–Crippen LogP) is 0.752. The van der Waals surface area contributed by atoms with E-state index in [4.69, 9.17) is 24.3 Å². The van der Waals surface area contributed by atoms with E-state index in [9.17, 15) is 24.4 Å². The van der Waals surface area contributed by atoms with Gasteiger partial charge < -0.3 is 29.9 Å². The number of ether oxygens (including phenoxy) is 2. The first-order chi connectivity index (χ1) is 18.3. The number of aromatic nitrogens is 4. The topological polar surface area (TPSA) is 213 Å². The maximum absolute atomic E-state index is 15.9. The Morgan fingerprint density at radius 1 is 1.33 bits per heavy atom. The number of carbonyl (C=O) groups excluding carboxylic acids is 1. The van der Waals surface area contributed by atoms with E-state index >= 15 is 4.39 Å². The van der Waals surface area contributed by atoms with E-state index in [-0.39, 0.29) is 22.9 Å². The fourth-order valence-electron chi connectivity index (χ4n) is 3.73. The molecule has 0 aliphatic carbocycles. The number of hydrogen-bond donors (Lipinski definition) is 5. The number of benzene rings is 1. The highest BCUT2D eigenvalue weighted by atomic mass is 31.2. The Hall–Kier alpha value is -3.40. The van der Waals surface area contributed by atoms with E-state index < -0.39 is 62.3 Å². The molecule has 1 saturated heterocycles. The van der Waals surface area contributed by atoms with Crippen LogP contribution in [0.1, 0.15) is 27.0 Å². The van der Waals surface area contributed by atoms with Crippen LogP contribution >= 0.6 is 7.75 Å². The molecular weight excluding hydrogens is 542 g/mol. The average molecular weight is 570 g/mol. The van der Waals surface area contributed by atoms with E-state index in [0.29, 0.717) is 0 Å². The highest BCUT2D eigenvalue weighted by molar-refractivity contribution is 7.52. The van der Waals surface area contributed by atoms with Crippen molar-refractivity contribution in [2.75, 3.05) is 12.3 Å². The number of nitrogens with one attached hydrogen (secondary N) is 2. The van der Waals surface area contributed by atoms with Gasteiger partial charge in [-0.15, -0.1) is 0 Å². The standard InChI is InChI=1S/C22H28FN6O9P/c1-11(2)36-20(33)12(3)28-39(34,38-13-7-5-4-6-8-13)35-9-22(23)16(31)15(30)19(37-22)29-10-25-14-17(29)26-21(24)27-18(14)32/h4-8,10-12,15-16,19,30-31H,9H2,1-3H3,(H,28,34)(H3,24,26,27,32)/t12-,15+,16-,19+,22+,39-/m0/s1. The van der Waals surface area contributed by atoms with Crippen LogP contribution in [0.5, 0.6) is 5.75 Å². The highest BCUT2D eigenvalue weighted by Crippen LogP contribution is 2.48. The summed E-state index contributed by atoms with van der Waals surface area (Å²) in [6.07, 6.45) is -5.17. The van der Waals surface area contributed by atoms with Gasteiger partial charge in [0.2, 0.25) is 5.95 Å². The minimum Gasteiger partial charge on any atom is -0.462 e. The highest BCUT2D eigenvalue weighted by Gasteiger charge is 2.57. The molecule has 0 saturated carbocycles. The SMILES string of the molecule is CC(C)OC(=O)[C@H](C)N[P@](=O)(OC[C@@]1(F)O[C@@H](n2cnc3c(=O)[nH]c(N)nc32)[C@H](O)[C@@H]1O)Oc1ccccc1. The second kappa shape index (κ2) is 11.0. The fourth-order valence-corrected chi connectivity index (χ4v) is 5.23. The molecule has 0 unspecified atom stereocenters. The molecule has 3 aromatic rings. The normalized spacial score (nSPS) is 25.5. The van der Waals surface area contributed by atoms with Crippen molar-refractivity contribution in [3.8, 4) is 5.75 Å². The number of aliphatic hydroxyl groups excluding tert-OH is 2. The van der Waals surface area contributed by atoms with Gasteiger partial charge >= 0.3 is 13.7 Å². The third kappa shape index (κ3) is 6.11. The first-order valence-corrected chi connectivity index (χ1v) is 13.3. The molecule has 39 heavy (non-hydrogen) atoms. The molecule has 0 amide bonds. The van der Waals surface area contributed by atoms with Crippen LogP contribution in [0.4, 0.5) is 10.3 Å². The van der Waals surface area contributed by atoms with Crippen LogP contribution in [0.15, 0.2) is 41.5 Å². The fraction of sp³-hybridized carbons (Fsp3) is 0.455. The van der Waals surface area contributed by atoms with Gasteiger partial charge in [-0.3, -0.25) is 23.7 Å². The summed E-state index contributed by atoms with van der Waals surface area (Å²) in [6, 6.07) is 6.53. The molecule has 4 rings (SSSR count). The number of carbonyl (C=O) groups is 1. The van der Waals surface area contributed by atoms with Crippen molar-refractivity contribution in [2.24, 2.45) is 0 Å². The molecule has 17 heteroatoms. The third-order valence-corrected chi connectivity index (χ3v) is 7.18. The molecule has 6 atom stereocenters. The van der Waals surface area contributed by atoms with E-state index in [1.54, 1.807) is 32.0 Å². The number of aromatic amines is 1. The van der Waals surface area contributed by atoms with Crippen LogP contribution in [0.25, 0.3) is 11.2 Å². The van der Waals surface area contributed by atoms with Crippen molar-refractivity contribution >= 4 is 30.8 Å². The van der Waals surface area contributed by atoms with Gasteiger partial charge in [0.05, 0.1) is 12.4 Å². The van der Waals surface area contributed by atoms with Crippen LogP contribution in [0.2, 0.25) is 0 Å². The number of nitrogen functional groups attached to an aromatic ring is 1. The van der Waals surface area contributed by atoms with Crippen molar-refractivity contribution in [1.82, 2.24) is 24.6 Å². The average Bonchev–Trinajstić information content (AvgIpc) is 3.38. The van der Waals surface area contributed by atoms with Gasteiger partial charge in [-0.05, 0) is 32.9 Å². The van der Waals surface area contributed by atoms with Gasteiger partial charge in [-0.2, -0.15) is 10.1 Å². The molecule has 1 aliphatic heterocycles. The number of para-hydroxylation sites is 1. The van der Waals surface area contributed by atoms with E-state index in [1.807, 2.05) is 0 Å². The minimum atomic E-state index is -4.53. The van der Waals surface area contributed by atoms with Crippen molar-refractivity contribution in [1.29, 1.82) is 0 Å². The Morgan fingerprint density at radius 3 is 2.69 bits per heavy atom. The van der Waals surface area contributed by atoms with Gasteiger partial charge in [-0.1, -0.05) is 18.2 Å². The molecule has 1 aliphatic rings. The van der Waals surface area contributed by atoms with Gasteiger partial charge in [0.1, 0.15) is 30.6 Å². The number of nitrogens with two attached hydrogens (primary N) is 1. The van der Waals surface area contributed by atoms with Crippen LogP contribution in [-0.4, -0.2) is 72.5 Å². The van der Waals surface area contributed by atoms with Crippen LogP contribution in [0, 0.1) is 0 Å². The number of esters is 1. The molecule has 15 nitrogen and oxygen atoms in total. The molecule has 6 N–H and O–H groups in total. The quantitative estimate of drug-likeness (QED) is 0.168. The van der Waals surface area contributed by atoms with E-state index in [0.717, 1.165) is 10.9 Å². The minimum absolute atomic E-state index is 0.0650. The van der Waals surface area contributed by atoms with Crippen LogP contribution in [-0.2, 0) is 23.4 Å². The van der Waals surface area contributed by atoms with E-state index in [2.05, 4.69) is 20.0 Å². The van der Waals surface area contributed by atoms with Crippen LogP contribution in [0.3, 0.4) is 0 Å². The summed E-state index contributed by atoms with van der Waals surface area (Å²) >= 11 is 0. The Kier molecular flexibility index (Phi) is 8.07. The number of nitrogens with zero attached hydrogens (tertiary/aromatic N) is 3. The number of imidazole rings is 1. The number of anilines is 1. The lowest BCUT2D eigenvalue weighted by Gasteiger charge is -2.27. The summed E-state index contributed by atoms with van der Waals surface area (Å²) in [7, 11) is -4.53. The maximum atomic E-state index is 15.9. The summed E-state index contributed by atoms with van der Waals surface area (Å²) in [6.45, 7) is 3.37. The zero-order chi connectivity index (χ0) is 28.5. The molecule has 0 spiro atoms. The summed E-state index contributed by atoms with van der Waals surface area (Å²) in [5, 5.41) is 23.5. The molecule has 212 valence electrons. The van der Waals surface area contributed by atoms with Crippen molar-refractivity contribution < 1.29 is 42.5 Å².